The summed E-state index contributed by atoms with van der Waals surface area (Å²) in [6.07, 6.45) is 6.31. The van der Waals surface area contributed by atoms with Crippen molar-refractivity contribution >= 4 is 23.5 Å². The molecule has 1 fully saturated rings. The smallest absolute Gasteiger partial charge is 0.357 e. The lowest BCUT2D eigenvalue weighted by atomic mass is 10.1. The second kappa shape index (κ2) is 9.94. The average molecular weight is 405 g/mol. The molecule has 1 aliphatic rings. The third kappa shape index (κ3) is 6.10. The van der Waals surface area contributed by atoms with Crippen LogP contribution in [0, 0.1) is 20.2 Å². The molecule has 0 radical (unpaired) electrons. The van der Waals surface area contributed by atoms with Crippen LogP contribution in [0.15, 0.2) is 27.8 Å². The van der Waals surface area contributed by atoms with Crippen molar-refractivity contribution < 1.29 is 15.0 Å². The Morgan fingerprint density at radius 2 is 1.66 bits per heavy atom. The SMILES string of the molecule is C1CCNCC1.O=c1[nH]c(/C=C/c2cc([N+](=O)[O-])ccc2O)c([N+](=O)[O-])c(=O)[nH]1. The number of phenolic OH excluding ortho intramolecular Hbond substituents is 1. The molecular weight excluding hydrogens is 386 g/mol. The van der Waals surface area contributed by atoms with Crippen molar-refractivity contribution in [3.8, 4) is 5.75 Å². The molecule has 1 saturated heterocycles. The van der Waals surface area contributed by atoms with Crippen LogP contribution in [0.3, 0.4) is 0 Å². The first-order valence-corrected chi connectivity index (χ1v) is 8.67. The van der Waals surface area contributed by atoms with Gasteiger partial charge in [0.25, 0.3) is 5.69 Å². The van der Waals surface area contributed by atoms with Crippen molar-refractivity contribution in [2.24, 2.45) is 0 Å². The minimum atomic E-state index is -1.19. The maximum absolute atomic E-state index is 11.4. The van der Waals surface area contributed by atoms with Crippen LogP contribution in [0.1, 0.15) is 30.5 Å². The number of rotatable bonds is 4. The van der Waals surface area contributed by atoms with Gasteiger partial charge in [-0.2, -0.15) is 0 Å². The van der Waals surface area contributed by atoms with E-state index < -0.39 is 32.5 Å². The third-order valence-electron chi connectivity index (χ3n) is 3.99. The summed E-state index contributed by atoms with van der Waals surface area (Å²) in [4.78, 5) is 46.3. The molecule has 0 unspecified atom stereocenters. The van der Waals surface area contributed by atoms with Crippen molar-refractivity contribution in [1.82, 2.24) is 15.3 Å². The molecule has 4 N–H and O–H groups in total. The van der Waals surface area contributed by atoms with Crippen LogP contribution in [0.4, 0.5) is 11.4 Å². The fourth-order valence-electron chi connectivity index (χ4n) is 2.56. The van der Waals surface area contributed by atoms with E-state index in [1.807, 2.05) is 0 Å². The first-order valence-electron chi connectivity index (χ1n) is 8.67. The summed E-state index contributed by atoms with van der Waals surface area (Å²) in [6.45, 7) is 2.50. The molecule has 154 valence electrons. The van der Waals surface area contributed by atoms with Crippen LogP contribution in [0.2, 0.25) is 0 Å². The largest absolute Gasteiger partial charge is 0.507 e. The van der Waals surface area contributed by atoms with Gasteiger partial charge in [-0.15, -0.1) is 0 Å². The van der Waals surface area contributed by atoms with Crippen molar-refractivity contribution in [2.75, 3.05) is 13.1 Å². The van der Waals surface area contributed by atoms with Gasteiger partial charge in [0.2, 0.25) is 0 Å². The molecule has 12 nitrogen and oxygen atoms in total. The first kappa shape index (κ1) is 21.5. The highest BCUT2D eigenvalue weighted by atomic mass is 16.6. The Bertz CT molecular complexity index is 1030. The number of H-pyrrole nitrogens is 2. The number of nitro groups is 2. The van der Waals surface area contributed by atoms with Crippen LogP contribution in [-0.2, 0) is 0 Å². The maximum Gasteiger partial charge on any atom is 0.357 e. The van der Waals surface area contributed by atoms with Gasteiger partial charge in [-0.25, -0.2) is 4.79 Å². The fourth-order valence-corrected chi connectivity index (χ4v) is 2.56. The summed E-state index contributed by atoms with van der Waals surface area (Å²) in [7, 11) is 0. The zero-order valence-corrected chi connectivity index (χ0v) is 15.2. The molecule has 12 heteroatoms. The van der Waals surface area contributed by atoms with Crippen molar-refractivity contribution in [1.29, 1.82) is 0 Å². The number of nitro benzene ring substituents is 1. The Labute approximate surface area is 163 Å². The summed E-state index contributed by atoms with van der Waals surface area (Å²) in [6, 6.07) is 3.18. The molecule has 0 bridgehead atoms. The van der Waals surface area contributed by atoms with E-state index in [0.717, 1.165) is 30.4 Å². The average Bonchev–Trinajstić information content (AvgIpc) is 2.68. The number of aromatic hydroxyl groups is 1. The highest BCUT2D eigenvalue weighted by Gasteiger charge is 2.19. The Kier molecular flexibility index (Phi) is 7.37. The van der Waals surface area contributed by atoms with Crippen LogP contribution < -0.4 is 16.6 Å². The number of hydrogen-bond acceptors (Lipinski definition) is 8. The van der Waals surface area contributed by atoms with Crippen LogP contribution in [-0.4, -0.2) is 38.0 Å². The van der Waals surface area contributed by atoms with Crippen molar-refractivity contribution in [2.45, 2.75) is 19.3 Å². The summed E-state index contributed by atoms with van der Waals surface area (Å²) in [5.41, 5.74) is -3.78. The van der Waals surface area contributed by atoms with Gasteiger partial charge < -0.3 is 15.4 Å². The van der Waals surface area contributed by atoms with E-state index in [-0.39, 0.29) is 17.0 Å². The lowest BCUT2D eigenvalue weighted by Gasteiger charge is -2.08. The standard InChI is InChI=1S/C12H8N4O7.C5H11N/c17-9-4-2-7(15(20)21)5-6(9)1-3-8-10(16(22)23)11(18)14-12(19)13-8;1-2-4-6-5-3-1/h1-5,17H,(H2,13,14,18,19);6H,1-5H2/b3-1+;. The molecule has 0 atom stereocenters. The minimum Gasteiger partial charge on any atom is -0.507 e. The monoisotopic (exact) mass is 405 g/mol. The van der Waals surface area contributed by atoms with Crippen molar-refractivity contribution in [3.05, 3.63) is 70.5 Å². The second-order valence-corrected chi connectivity index (χ2v) is 6.07. The quantitative estimate of drug-likeness (QED) is 0.435. The number of aromatic nitrogens is 2. The number of nitrogens with one attached hydrogen (secondary N) is 3. The van der Waals surface area contributed by atoms with Gasteiger partial charge in [-0.3, -0.25) is 30.0 Å². The van der Waals surface area contributed by atoms with Crippen LogP contribution in [0.25, 0.3) is 12.2 Å². The van der Waals surface area contributed by atoms with E-state index in [1.165, 1.54) is 32.4 Å². The molecule has 2 heterocycles. The maximum atomic E-state index is 11.4. The molecule has 1 aromatic carbocycles. The third-order valence-corrected chi connectivity index (χ3v) is 3.99. The van der Waals surface area contributed by atoms with Gasteiger partial charge in [0.15, 0.2) is 0 Å². The first-order chi connectivity index (χ1) is 13.8. The van der Waals surface area contributed by atoms with E-state index in [0.29, 0.717) is 0 Å². The number of aromatic amines is 2. The van der Waals surface area contributed by atoms with E-state index in [4.69, 9.17) is 0 Å². The van der Waals surface area contributed by atoms with Gasteiger partial charge >= 0.3 is 16.9 Å². The number of nitrogens with zero attached hydrogens (tertiary/aromatic N) is 2. The summed E-state index contributed by atoms with van der Waals surface area (Å²) >= 11 is 0. The molecule has 0 spiro atoms. The Morgan fingerprint density at radius 3 is 2.17 bits per heavy atom. The molecule has 29 heavy (non-hydrogen) atoms. The van der Waals surface area contributed by atoms with E-state index in [9.17, 15) is 34.9 Å². The van der Waals surface area contributed by atoms with Crippen molar-refractivity contribution in [3.63, 3.8) is 0 Å². The molecule has 1 aromatic heterocycles. The number of piperidine rings is 1. The summed E-state index contributed by atoms with van der Waals surface area (Å²) in [5.74, 6) is -0.318. The van der Waals surface area contributed by atoms with Gasteiger partial charge in [-0.1, -0.05) is 6.42 Å². The van der Waals surface area contributed by atoms with E-state index in [1.54, 1.807) is 4.98 Å². The zero-order valence-electron chi connectivity index (χ0n) is 15.2. The van der Waals surface area contributed by atoms with Crippen LogP contribution >= 0.6 is 0 Å². The van der Waals surface area contributed by atoms with Gasteiger partial charge in [0, 0.05) is 17.7 Å². The number of non-ortho nitro benzene ring substituents is 1. The predicted molar refractivity (Wildman–Crippen MR) is 105 cm³/mol. The van der Waals surface area contributed by atoms with Gasteiger partial charge in [0.1, 0.15) is 11.4 Å². The fraction of sp³-hybridized carbons (Fsp3) is 0.294. The normalized spacial score (nSPS) is 13.5. The molecule has 2 aromatic rings. The highest BCUT2D eigenvalue weighted by molar-refractivity contribution is 5.75. The molecule has 3 rings (SSSR count). The lowest BCUT2D eigenvalue weighted by Crippen LogP contribution is -2.25. The van der Waals surface area contributed by atoms with Gasteiger partial charge in [0.05, 0.1) is 9.85 Å². The second-order valence-electron chi connectivity index (χ2n) is 6.07. The molecule has 0 saturated carbocycles. The van der Waals surface area contributed by atoms with E-state index >= 15 is 0 Å². The number of phenols is 1. The summed E-state index contributed by atoms with van der Waals surface area (Å²) < 4.78 is 0. The number of benzene rings is 1. The molecule has 1 aliphatic heterocycles. The Hall–Kier alpha value is -3.80. The topological polar surface area (TPSA) is 184 Å². The van der Waals surface area contributed by atoms with Crippen LogP contribution in [0.5, 0.6) is 5.75 Å². The lowest BCUT2D eigenvalue weighted by molar-refractivity contribution is -0.386. The highest BCUT2D eigenvalue weighted by Crippen LogP contribution is 2.25. The van der Waals surface area contributed by atoms with E-state index in [2.05, 4.69) is 10.3 Å². The number of hydrogen-bond donors (Lipinski definition) is 4. The molecular formula is C17H19N5O7. The Balaban J connectivity index is 0.000000426. The zero-order chi connectivity index (χ0) is 21.4. The predicted octanol–water partition coefficient (Wildman–Crippen LogP) is 1.52. The molecule has 0 amide bonds. The Morgan fingerprint density at radius 1 is 0.966 bits per heavy atom. The minimum absolute atomic E-state index is 0.0189. The summed E-state index contributed by atoms with van der Waals surface area (Å²) in [5, 5.41) is 34.5. The molecule has 0 aliphatic carbocycles. The van der Waals surface area contributed by atoms with Gasteiger partial charge in [-0.05, 0) is 44.1 Å².